The zero-order valence-corrected chi connectivity index (χ0v) is 17.4. The van der Waals surface area contributed by atoms with E-state index < -0.39 is 10.1 Å². The number of quaternary nitrogens is 1. The quantitative estimate of drug-likeness (QED) is 0.154. The van der Waals surface area contributed by atoms with Gasteiger partial charge in [-0.1, -0.05) is 6.42 Å². The third-order valence-electron chi connectivity index (χ3n) is 3.86. The van der Waals surface area contributed by atoms with Crippen LogP contribution in [0.4, 0.5) is 0 Å². The van der Waals surface area contributed by atoms with Crippen molar-refractivity contribution in [2.75, 3.05) is 45.2 Å². The first-order chi connectivity index (χ1) is 11.1. The van der Waals surface area contributed by atoms with Crippen molar-refractivity contribution < 1.29 is 22.2 Å². The van der Waals surface area contributed by atoms with E-state index in [0.29, 0.717) is 35.7 Å². The van der Waals surface area contributed by atoms with Crippen molar-refractivity contribution in [1.82, 2.24) is 5.32 Å². The van der Waals surface area contributed by atoms with Gasteiger partial charge in [0, 0.05) is 18.1 Å². The fourth-order valence-electron chi connectivity index (χ4n) is 2.33. The van der Waals surface area contributed by atoms with Gasteiger partial charge in [0.05, 0.1) is 39.5 Å². The zero-order valence-electron chi connectivity index (χ0n) is 14.8. The Balaban J connectivity index is 3.75. The van der Waals surface area contributed by atoms with Crippen LogP contribution in [0, 0.1) is 0 Å². The minimum atomic E-state index is -3.89. The smallest absolute Gasteiger partial charge is 0.265 e. The van der Waals surface area contributed by atoms with Crippen LogP contribution >= 0.6 is 25.3 Å². The van der Waals surface area contributed by atoms with Gasteiger partial charge in [0.25, 0.3) is 10.1 Å². The lowest BCUT2D eigenvalue weighted by Gasteiger charge is -2.29. The normalized spacial score (nSPS) is 13.7. The summed E-state index contributed by atoms with van der Waals surface area (Å²) >= 11 is 8.64. The molecule has 0 aliphatic heterocycles. The van der Waals surface area contributed by atoms with Crippen LogP contribution in [-0.4, -0.2) is 73.8 Å². The van der Waals surface area contributed by atoms with Gasteiger partial charge >= 0.3 is 0 Å². The third-order valence-corrected chi connectivity index (χ3v) is 5.44. The van der Waals surface area contributed by atoms with Crippen molar-refractivity contribution in [3.8, 4) is 0 Å². The molecule has 0 rings (SSSR count). The maximum atomic E-state index is 11.8. The van der Waals surface area contributed by atoms with Crippen LogP contribution in [0.2, 0.25) is 0 Å². The molecule has 0 aromatic carbocycles. The number of thiol groups is 2. The standard InChI is InChI=1S/C15H32N2O4S3/c1-17(2,10-5-13-24(19,20)21)11-9-16-15(18)7-4-3-6-14(23)8-12-22/h14H,3-13H2,1-2H3,(H3-,16,18,19,20,21,22,23)/p+1. The molecule has 0 aliphatic carbocycles. The van der Waals surface area contributed by atoms with Crippen LogP contribution in [0.25, 0.3) is 0 Å². The van der Waals surface area contributed by atoms with E-state index in [1.807, 2.05) is 14.1 Å². The van der Waals surface area contributed by atoms with Gasteiger partial charge in [-0.25, -0.2) is 0 Å². The minimum absolute atomic E-state index is 0.0536. The van der Waals surface area contributed by atoms with E-state index in [1.54, 1.807) is 0 Å². The number of amides is 1. The lowest BCUT2D eigenvalue weighted by atomic mass is 10.1. The summed E-state index contributed by atoms with van der Waals surface area (Å²) in [5.41, 5.74) is 0. The van der Waals surface area contributed by atoms with Crippen molar-refractivity contribution in [2.24, 2.45) is 0 Å². The van der Waals surface area contributed by atoms with Gasteiger partial charge in [-0.05, 0) is 25.0 Å². The predicted octanol–water partition coefficient (Wildman–Crippen LogP) is 1.64. The number of carbonyl (C=O) groups excluding carboxylic acids is 1. The van der Waals surface area contributed by atoms with Gasteiger partial charge in [0.1, 0.15) is 0 Å². The number of carbonyl (C=O) groups is 1. The second-order valence-corrected chi connectivity index (χ2v) is 9.53. The molecule has 0 bridgehead atoms. The lowest BCUT2D eigenvalue weighted by Crippen LogP contribution is -2.46. The van der Waals surface area contributed by atoms with Crippen LogP contribution in [0.3, 0.4) is 0 Å². The van der Waals surface area contributed by atoms with Crippen LogP contribution in [0.5, 0.6) is 0 Å². The molecule has 24 heavy (non-hydrogen) atoms. The SMILES string of the molecule is C[N+](C)(CCCS(=O)(=O)O)CCNC(=O)CCCCC(S)CCS. The van der Waals surface area contributed by atoms with Crippen LogP contribution < -0.4 is 5.32 Å². The lowest BCUT2D eigenvalue weighted by molar-refractivity contribution is -0.889. The predicted molar refractivity (Wildman–Crippen MR) is 106 cm³/mol. The molecule has 0 aliphatic rings. The van der Waals surface area contributed by atoms with E-state index in [9.17, 15) is 13.2 Å². The minimum Gasteiger partial charge on any atom is -0.350 e. The van der Waals surface area contributed by atoms with E-state index in [0.717, 1.165) is 38.0 Å². The molecule has 6 nitrogen and oxygen atoms in total. The fraction of sp³-hybridized carbons (Fsp3) is 0.933. The van der Waals surface area contributed by atoms with Gasteiger partial charge in [0.15, 0.2) is 0 Å². The molecule has 0 fully saturated rings. The van der Waals surface area contributed by atoms with Crippen molar-refractivity contribution in [1.29, 1.82) is 0 Å². The topological polar surface area (TPSA) is 83.5 Å². The molecule has 0 saturated heterocycles. The number of nitrogens with one attached hydrogen (secondary N) is 1. The Kier molecular flexibility index (Phi) is 12.4. The Bertz CT molecular complexity index is 456. The Labute approximate surface area is 157 Å². The summed E-state index contributed by atoms with van der Waals surface area (Å²) < 4.78 is 30.7. The number of hydrogen-bond acceptors (Lipinski definition) is 5. The number of likely N-dealkylation sites (N-methyl/N-ethyl adjacent to an activating group) is 1. The summed E-state index contributed by atoms with van der Waals surface area (Å²) in [5.74, 6) is 0.672. The van der Waals surface area contributed by atoms with Gasteiger partial charge in [-0.3, -0.25) is 9.35 Å². The maximum Gasteiger partial charge on any atom is 0.265 e. The molecule has 0 aromatic rings. The van der Waals surface area contributed by atoms with E-state index >= 15 is 0 Å². The summed E-state index contributed by atoms with van der Waals surface area (Å²) in [6.45, 7) is 1.91. The average Bonchev–Trinajstić information content (AvgIpc) is 2.42. The first kappa shape index (κ1) is 24.0. The highest BCUT2D eigenvalue weighted by atomic mass is 32.2. The molecule has 2 N–H and O–H groups in total. The second-order valence-electron chi connectivity index (χ2n) is 6.78. The van der Waals surface area contributed by atoms with Crippen molar-refractivity contribution in [3.63, 3.8) is 0 Å². The molecular weight excluding hydrogens is 368 g/mol. The summed E-state index contributed by atoms with van der Waals surface area (Å²) in [5, 5.41) is 3.27. The summed E-state index contributed by atoms with van der Waals surface area (Å²) in [7, 11) is 0.0605. The number of hydrogen-bond donors (Lipinski definition) is 4. The Morgan fingerprint density at radius 2 is 1.83 bits per heavy atom. The van der Waals surface area contributed by atoms with Gasteiger partial charge in [-0.2, -0.15) is 33.7 Å². The monoisotopic (exact) mass is 401 g/mol. The first-order valence-electron chi connectivity index (χ1n) is 8.38. The van der Waals surface area contributed by atoms with Crippen molar-refractivity contribution >= 4 is 41.3 Å². The first-order valence-corrected chi connectivity index (χ1v) is 11.1. The Morgan fingerprint density at radius 3 is 2.42 bits per heavy atom. The molecule has 0 radical (unpaired) electrons. The molecule has 1 amide bonds. The van der Waals surface area contributed by atoms with Crippen LogP contribution in [0.15, 0.2) is 0 Å². The van der Waals surface area contributed by atoms with Crippen LogP contribution in [0.1, 0.15) is 38.5 Å². The molecular formula is C15H33N2O4S3+. The molecule has 0 spiro atoms. The number of unbranched alkanes of at least 4 members (excludes halogenated alkanes) is 1. The molecule has 0 aromatic heterocycles. The molecule has 144 valence electrons. The summed E-state index contributed by atoms with van der Waals surface area (Å²) in [6, 6.07) is 0. The summed E-state index contributed by atoms with van der Waals surface area (Å²) in [4.78, 5) is 11.8. The molecule has 1 unspecified atom stereocenters. The van der Waals surface area contributed by atoms with Crippen molar-refractivity contribution in [3.05, 3.63) is 0 Å². The number of nitrogens with zero attached hydrogens (tertiary/aromatic N) is 1. The van der Waals surface area contributed by atoms with E-state index in [1.165, 1.54) is 0 Å². The molecule has 1 atom stereocenters. The molecule has 9 heteroatoms. The van der Waals surface area contributed by atoms with E-state index in [2.05, 4.69) is 30.6 Å². The molecule has 0 heterocycles. The van der Waals surface area contributed by atoms with Crippen molar-refractivity contribution in [2.45, 2.75) is 43.8 Å². The third kappa shape index (κ3) is 15.6. The van der Waals surface area contributed by atoms with Crippen LogP contribution in [-0.2, 0) is 14.9 Å². The summed E-state index contributed by atoms with van der Waals surface area (Å²) in [6.07, 6.45) is 4.78. The molecule has 0 saturated carbocycles. The Hall–Kier alpha value is 0.0400. The second kappa shape index (κ2) is 12.4. The van der Waals surface area contributed by atoms with Gasteiger partial charge in [0.2, 0.25) is 5.91 Å². The van der Waals surface area contributed by atoms with Gasteiger partial charge < -0.3 is 9.80 Å². The average molecular weight is 402 g/mol. The number of rotatable bonds is 14. The van der Waals surface area contributed by atoms with E-state index in [-0.39, 0.29) is 11.7 Å². The Morgan fingerprint density at radius 1 is 1.17 bits per heavy atom. The maximum absolute atomic E-state index is 11.8. The highest BCUT2D eigenvalue weighted by Gasteiger charge is 2.16. The highest BCUT2D eigenvalue weighted by Crippen LogP contribution is 2.12. The largest absolute Gasteiger partial charge is 0.350 e. The fourth-order valence-corrected chi connectivity index (χ4v) is 3.65. The highest BCUT2D eigenvalue weighted by molar-refractivity contribution is 7.85. The van der Waals surface area contributed by atoms with Gasteiger partial charge in [-0.15, -0.1) is 0 Å². The van der Waals surface area contributed by atoms with E-state index in [4.69, 9.17) is 4.55 Å². The zero-order chi connectivity index (χ0) is 18.6.